The number of anilines is 1. The highest BCUT2D eigenvalue weighted by Gasteiger charge is 2.16. The third kappa shape index (κ3) is 3.66. The molecule has 0 amide bonds. The fraction of sp³-hybridized carbons (Fsp3) is 0.235. The topological polar surface area (TPSA) is 69.6 Å². The molecule has 0 unspecified atom stereocenters. The quantitative estimate of drug-likeness (QED) is 0.685. The number of benzene rings is 1. The van der Waals surface area contributed by atoms with E-state index in [1.807, 2.05) is 0 Å². The number of para-hydroxylation sites is 1. The van der Waals surface area contributed by atoms with E-state index in [1.165, 1.54) is 12.1 Å². The van der Waals surface area contributed by atoms with E-state index in [4.69, 9.17) is 0 Å². The van der Waals surface area contributed by atoms with Gasteiger partial charge in [0.25, 0.3) is 0 Å². The molecule has 1 aliphatic heterocycles. The van der Waals surface area contributed by atoms with Crippen LogP contribution < -0.4 is 4.90 Å². The van der Waals surface area contributed by atoms with E-state index in [1.54, 1.807) is 42.9 Å². The van der Waals surface area contributed by atoms with Gasteiger partial charge in [0.05, 0.1) is 5.56 Å². The number of aromatic hydroxyl groups is 1. The van der Waals surface area contributed by atoms with E-state index in [-0.39, 0.29) is 11.5 Å². The lowest BCUT2D eigenvalue weighted by Gasteiger charge is -2.33. The number of phenolic OH excluding ortho intramolecular Hbond substituents is 1. The number of allylic oxidation sites excluding steroid dienone is 1. The smallest absolute Gasteiger partial charge is 0.225 e. The molecule has 1 fully saturated rings. The molecule has 0 radical (unpaired) electrons. The molecule has 2 aromatic rings. The number of ketones is 1. The van der Waals surface area contributed by atoms with Crippen molar-refractivity contribution in [2.75, 3.05) is 31.1 Å². The second kappa shape index (κ2) is 6.91. The predicted octanol–water partition coefficient (Wildman–Crippen LogP) is 1.70. The summed E-state index contributed by atoms with van der Waals surface area (Å²) < 4.78 is 0. The number of phenols is 1. The normalized spacial score (nSPS) is 15.1. The first kappa shape index (κ1) is 15.0. The lowest BCUT2D eigenvalue weighted by atomic mass is 10.1. The highest BCUT2D eigenvalue weighted by atomic mass is 16.3. The molecule has 0 aliphatic carbocycles. The summed E-state index contributed by atoms with van der Waals surface area (Å²) in [5.74, 6) is 0.548. The van der Waals surface area contributed by atoms with Crippen LogP contribution in [0.25, 0.3) is 0 Å². The SMILES string of the molecule is O=C(/C=C/N1CCN(c2ncccn2)CC1)c1ccccc1O. The van der Waals surface area contributed by atoms with Crippen LogP contribution in [0.3, 0.4) is 0 Å². The van der Waals surface area contributed by atoms with Crippen LogP contribution in [0.2, 0.25) is 0 Å². The van der Waals surface area contributed by atoms with Gasteiger partial charge in [0.1, 0.15) is 5.75 Å². The maximum Gasteiger partial charge on any atom is 0.225 e. The minimum absolute atomic E-state index is 0.00759. The van der Waals surface area contributed by atoms with Crippen molar-refractivity contribution in [3.63, 3.8) is 0 Å². The molecule has 0 bridgehead atoms. The first-order valence-electron chi connectivity index (χ1n) is 7.50. The summed E-state index contributed by atoms with van der Waals surface area (Å²) >= 11 is 0. The number of aromatic nitrogens is 2. The van der Waals surface area contributed by atoms with E-state index < -0.39 is 0 Å². The number of carbonyl (C=O) groups is 1. The average Bonchev–Trinajstić information content (AvgIpc) is 2.61. The van der Waals surface area contributed by atoms with E-state index >= 15 is 0 Å². The van der Waals surface area contributed by atoms with Crippen molar-refractivity contribution in [1.29, 1.82) is 0 Å². The van der Waals surface area contributed by atoms with Gasteiger partial charge in [-0.1, -0.05) is 12.1 Å². The number of piperazine rings is 1. The summed E-state index contributed by atoms with van der Waals surface area (Å²) in [6.07, 6.45) is 6.76. The summed E-state index contributed by atoms with van der Waals surface area (Å²) in [5.41, 5.74) is 0.320. The van der Waals surface area contributed by atoms with Gasteiger partial charge in [-0.25, -0.2) is 9.97 Å². The van der Waals surface area contributed by atoms with Crippen molar-refractivity contribution in [2.45, 2.75) is 0 Å². The fourth-order valence-corrected chi connectivity index (χ4v) is 2.47. The minimum Gasteiger partial charge on any atom is -0.507 e. The second-order valence-corrected chi connectivity index (χ2v) is 5.27. The van der Waals surface area contributed by atoms with Crippen LogP contribution in [0.1, 0.15) is 10.4 Å². The Morgan fingerprint density at radius 1 is 1.04 bits per heavy atom. The van der Waals surface area contributed by atoms with Crippen molar-refractivity contribution in [3.05, 3.63) is 60.6 Å². The van der Waals surface area contributed by atoms with Gasteiger partial charge in [-0.2, -0.15) is 0 Å². The first-order chi connectivity index (χ1) is 11.2. The number of hydrogen-bond donors (Lipinski definition) is 1. The zero-order valence-electron chi connectivity index (χ0n) is 12.7. The van der Waals surface area contributed by atoms with Crippen LogP contribution in [0, 0.1) is 0 Å². The summed E-state index contributed by atoms with van der Waals surface area (Å²) in [6.45, 7) is 3.20. The Morgan fingerprint density at radius 3 is 2.43 bits per heavy atom. The number of nitrogens with zero attached hydrogens (tertiary/aromatic N) is 4. The zero-order chi connectivity index (χ0) is 16.1. The first-order valence-corrected chi connectivity index (χ1v) is 7.50. The van der Waals surface area contributed by atoms with Crippen LogP contribution in [0.5, 0.6) is 5.75 Å². The molecule has 1 N–H and O–H groups in total. The molecule has 3 rings (SSSR count). The molecule has 1 aliphatic rings. The van der Waals surface area contributed by atoms with Gasteiger partial charge in [-0.15, -0.1) is 0 Å². The van der Waals surface area contributed by atoms with Crippen molar-refractivity contribution in [3.8, 4) is 5.75 Å². The molecular formula is C17H18N4O2. The number of hydrogen-bond acceptors (Lipinski definition) is 6. The Hall–Kier alpha value is -2.89. The number of carbonyl (C=O) groups excluding carboxylic acids is 1. The Morgan fingerprint density at radius 2 is 1.74 bits per heavy atom. The molecule has 1 aromatic carbocycles. The third-order valence-corrected chi connectivity index (χ3v) is 3.76. The van der Waals surface area contributed by atoms with Crippen LogP contribution in [0.4, 0.5) is 5.95 Å². The standard InChI is InChI=1S/C17H18N4O2/c22-15-5-2-1-4-14(15)16(23)6-9-20-10-12-21(13-11-20)17-18-7-3-8-19-17/h1-9,22H,10-13H2/b9-6+. The lowest BCUT2D eigenvalue weighted by Crippen LogP contribution is -2.44. The molecule has 1 aromatic heterocycles. The van der Waals surface area contributed by atoms with Gasteiger partial charge in [0, 0.05) is 50.8 Å². The maximum atomic E-state index is 12.1. The molecule has 0 saturated carbocycles. The second-order valence-electron chi connectivity index (χ2n) is 5.27. The molecule has 0 spiro atoms. The van der Waals surface area contributed by atoms with Gasteiger partial charge < -0.3 is 14.9 Å². The van der Waals surface area contributed by atoms with Crippen LogP contribution in [-0.2, 0) is 0 Å². The van der Waals surface area contributed by atoms with Gasteiger partial charge >= 0.3 is 0 Å². The predicted molar refractivity (Wildman–Crippen MR) is 87.4 cm³/mol. The van der Waals surface area contributed by atoms with E-state index in [0.29, 0.717) is 5.56 Å². The zero-order valence-corrected chi connectivity index (χ0v) is 12.7. The van der Waals surface area contributed by atoms with Crippen LogP contribution in [0.15, 0.2) is 55.0 Å². The van der Waals surface area contributed by atoms with Crippen LogP contribution >= 0.6 is 0 Å². The summed E-state index contributed by atoms with van der Waals surface area (Å²) in [6, 6.07) is 8.36. The summed E-state index contributed by atoms with van der Waals surface area (Å²) in [7, 11) is 0. The molecule has 23 heavy (non-hydrogen) atoms. The van der Waals surface area contributed by atoms with Gasteiger partial charge in [-0.05, 0) is 18.2 Å². The summed E-state index contributed by atoms with van der Waals surface area (Å²) in [5, 5.41) is 9.69. The Bertz CT molecular complexity index is 695. The minimum atomic E-state index is -0.197. The van der Waals surface area contributed by atoms with Gasteiger partial charge in [0.2, 0.25) is 5.95 Å². The molecule has 118 valence electrons. The van der Waals surface area contributed by atoms with Crippen molar-refractivity contribution >= 4 is 11.7 Å². The fourth-order valence-electron chi connectivity index (χ4n) is 2.47. The molecule has 0 atom stereocenters. The largest absolute Gasteiger partial charge is 0.507 e. The Kier molecular flexibility index (Phi) is 4.52. The molecule has 6 heteroatoms. The van der Waals surface area contributed by atoms with E-state index in [9.17, 15) is 9.90 Å². The van der Waals surface area contributed by atoms with Gasteiger partial charge in [-0.3, -0.25) is 4.79 Å². The average molecular weight is 310 g/mol. The van der Waals surface area contributed by atoms with Crippen molar-refractivity contribution < 1.29 is 9.90 Å². The highest BCUT2D eigenvalue weighted by molar-refractivity contribution is 6.06. The van der Waals surface area contributed by atoms with Crippen molar-refractivity contribution in [2.24, 2.45) is 0 Å². The Labute approximate surface area is 134 Å². The summed E-state index contributed by atoms with van der Waals surface area (Å²) in [4.78, 5) is 24.8. The van der Waals surface area contributed by atoms with Crippen LogP contribution in [-0.4, -0.2) is 51.9 Å². The highest BCUT2D eigenvalue weighted by Crippen LogP contribution is 2.17. The molecule has 2 heterocycles. The van der Waals surface area contributed by atoms with Gasteiger partial charge in [0.15, 0.2) is 5.78 Å². The van der Waals surface area contributed by atoms with E-state index in [2.05, 4.69) is 19.8 Å². The molecule has 1 saturated heterocycles. The Balaban J connectivity index is 1.56. The third-order valence-electron chi connectivity index (χ3n) is 3.76. The number of rotatable bonds is 4. The maximum absolute atomic E-state index is 12.1. The molecule has 6 nitrogen and oxygen atoms in total. The lowest BCUT2D eigenvalue weighted by molar-refractivity contribution is 0.104. The molecular weight excluding hydrogens is 292 g/mol. The monoisotopic (exact) mass is 310 g/mol. The van der Waals surface area contributed by atoms with Crippen molar-refractivity contribution in [1.82, 2.24) is 14.9 Å². The van der Waals surface area contributed by atoms with E-state index in [0.717, 1.165) is 32.1 Å².